The van der Waals surface area contributed by atoms with Gasteiger partial charge in [-0.3, -0.25) is 0 Å². The van der Waals surface area contributed by atoms with Gasteiger partial charge in [-0.15, -0.1) is 0 Å². The van der Waals surface area contributed by atoms with Crippen LogP contribution in [0.4, 0.5) is 11.5 Å². The molecule has 4 fully saturated rings. The summed E-state index contributed by atoms with van der Waals surface area (Å²) in [5, 5.41) is 1.88. The van der Waals surface area contributed by atoms with Gasteiger partial charge in [-0.1, -0.05) is 46.4 Å². The Balaban J connectivity index is 0.000000148. The summed E-state index contributed by atoms with van der Waals surface area (Å²) < 4.78 is 22.8. The molecule has 0 N–H and O–H groups in total. The number of hydrogen-bond donors (Lipinski definition) is 0. The third kappa shape index (κ3) is 6.30. The Bertz CT molecular complexity index is 922. The molecule has 6 heterocycles. The van der Waals surface area contributed by atoms with Crippen LogP contribution in [-0.2, 0) is 18.9 Å². The average Bonchev–Trinajstić information content (AvgIpc) is 3.49. The molecule has 2 aromatic rings. The summed E-state index contributed by atoms with van der Waals surface area (Å²) in [5.41, 5.74) is 1.01. The highest BCUT2D eigenvalue weighted by Gasteiger charge is 2.41. The average molecular weight is 578 g/mol. The van der Waals surface area contributed by atoms with Crippen molar-refractivity contribution >= 4 is 57.9 Å². The highest BCUT2D eigenvalue weighted by molar-refractivity contribution is 6.34. The first-order valence-corrected chi connectivity index (χ1v) is 13.6. The van der Waals surface area contributed by atoms with Crippen molar-refractivity contribution in [2.45, 2.75) is 37.3 Å². The van der Waals surface area contributed by atoms with Crippen molar-refractivity contribution in [3.8, 4) is 0 Å². The Morgan fingerprint density at radius 1 is 0.583 bits per heavy atom. The van der Waals surface area contributed by atoms with Crippen molar-refractivity contribution in [3.05, 3.63) is 44.7 Å². The normalized spacial score (nSPS) is 22.7. The minimum Gasteiger partial charge on any atom is -0.371 e. The Hall–Kier alpha value is -1.10. The molecular weight excluding hydrogens is 550 g/mol. The number of pyridine rings is 2. The second-order valence-electron chi connectivity index (χ2n) is 9.13. The Kier molecular flexibility index (Phi) is 8.34. The molecule has 8 nitrogen and oxygen atoms in total. The fourth-order valence-corrected chi connectivity index (χ4v) is 5.91. The van der Waals surface area contributed by atoms with E-state index in [4.69, 9.17) is 65.4 Å². The Morgan fingerprint density at radius 3 is 1.50 bits per heavy atom. The molecule has 0 radical (unpaired) electrons. The third-order valence-corrected chi connectivity index (χ3v) is 7.66. The van der Waals surface area contributed by atoms with Crippen molar-refractivity contribution in [1.29, 1.82) is 0 Å². The summed E-state index contributed by atoms with van der Waals surface area (Å²) in [7, 11) is 0. The molecule has 4 aliphatic heterocycles. The van der Waals surface area contributed by atoms with Crippen LogP contribution < -0.4 is 9.80 Å². The molecule has 0 amide bonds. The van der Waals surface area contributed by atoms with E-state index in [0.717, 1.165) is 63.4 Å². The second kappa shape index (κ2) is 11.3. The van der Waals surface area contributed by atoms with Gasteiger partial charge in [0.2, 0.25) is 0 Å². The number of halogens is 4. The summed E-state index contributed by atoms with van der Waals surface area (Å²) in [6.07, 6.45) is 3.42. The fraction of sp³-hybridized carbons (Fsp3) is 0.583. The van der Waals surface area contributed by atoms with Gasteiger partial charge in [0.1, 0.15) is 21.3 Å². The molecule has 0 aliphatic carbocycles. The monoisotopic (exact) mass is 576 g/mol. The van der Waals surface area contributed by atoms with Crippen LogP contribution in [-0.4, -0.2) is 74.1 Å². The molecule has 0 aromatic carbocycles. The summed E-state index contributed by atoms with van der Waals surface area (Å²) >= 11 is 23.7. The van der Waals surface area contributed by atoms with Crippen LogP contribution in [0, 0.1) is 0 Å². The summed E-state index contributed by atoms with van der Waals surface area (Å²) in [4.78, 5) is 12.6. The van der Waals surface area contributed by atoms with Gasteiger partial charge in [0, 0.05) is 62.6 Å². The first-order valence-electron chi connectivity index (χ1n) is 12.1. The van der Waals surface area contributed by atoms with Crippen LogP contribution in [0.3, 0.4) is 0 Å². The topological polar surface area (TPSA) is 69.2 Å². The van der Waals surface area contributed by atoms with E-state index in [1.807, 2.05) is 18.2 Å². The van der Waals surface area contributed by atoms with E-state index < -0.39 is 0 Å². The number of hydrogen-bond acceptors (Lipinski definition) is 8. The van der Waals surface area contributed by atoms with Crippen molar-refractivity contribution in [3.63, 3.8) is 0 Å². The van der Waals surface area contributed by atoms with E-state index >= 15 is 0 Å². The third-order valence-electron chi connectivity index (χ3n) is 6.86. The van der Waals surface area contributed by atoms with Gasteiger partial charge in [0.15, 0.2) is 11.6 Å². The van der Waals surface area contributed by atoms with Gasteiger partial charge in [-0.25, -0.2) is 9.97 Å². The van der Waals surface area contributed by atoms with Crippen LogP contribution in [0.25, 0.3) is 0 Å². The molecule has 196 valence electrons. The molecule has 0 unspecified atom stereocenters. The van der Waals surface area contributed by atoms with Crippen molar-refractivity contribution in [2.75, 3.05) is 62.4 Å². The minimum atomic E-state index is -0.362. The zero-order chi connectivity index (χ0) is 25.2. The van der Waals surface area contributed by atoms with Crippen LogP contribution >= 0.6 is 46.4 Å². The summed E-state index contributed by atoms with van der Waals surface area (Å²) in [6.45, 7) is 6.21. The molecule has 0 saturated carbocycles. The van der Waals surface area contributed by atoms with E-state index in [2.05, 4.69) is 19.8 Å². The molecule has 12 heteroatoms. The zero-order valence-electron chi connectivity index (χ0n) is 19.7. The van der Waals surface area contributed by atoms with Crippen LogP contribution in [0.2, 0.25) is 20.5 Å². The number of aromatic nitrogens is 2. The molecule has 0 bridgehead atoms. The lowest BCUT2D eigenvalue weighted by atomic mass is 10.0. The summed E-state index contributed by atoms with van der Waals surface area (Å²) in [6, 6.07) is 7.15. The van der Waals surface area contributed by atoms with Gasteiger partial charge in [0.25, 0.3) is 0 Å². The first-order chi connectivity index (χ1) is 17.3. The van der Waals surface area contributed by atoms with E-state index in [1.165, 1.54) is 0 Å². The van der Waals surface area contributed by atoms with E-state index in [-0.39, 0.29) is 11.6 Å². The quantitative estimate of drug-likeness (QED) is 0.436. The molecule has 6 rings (SSSR count). The van der Waals surface area contributed by atoms with Gasteiger partial charge in [-0.05, 0) is 24.3 Å². The predicted molar refractivity (Wildman–Crippen MR) is 141 cm³/mol. The van der Waals surface area contributed by atoms with E-state index in [9.17, 15) is 0 Å². The SMILES string of the molecule is Clc1cc(Cl)nc(N2CCC3(CC2)OCCO3)c1.Clc1cc(N2CCC3(CC2)OCCO3)cc(Cl)n1. The highest BCUT2D eigenvalue weighted by atomic mass is 35.5. The van der Waals surface area contributed by atoms with Crippen molar-refractivity contribution in [2.24, 2.45) is 0 Å². The molecule has 2 aromatic heterocycles. The maximum absolute atomic E-state index is 5.99. The molecule has 2 spiro atoms. The van der Waals surface area contributed by atoms with Crippen LogP contribution in [0.15, 0.2) is 24.3 Å². The fourth-order valence-electron chi connectivity index (χ4n) is 5.00. The van der Waals surface area contributed by atoms with Gasteiger partial charge >= 0.3 is 0 Å². The standard InChI is InChI=1S/2C12H14Cl2N2O2/c13-10-7-9(8-11(14)15-10)16-3-1-12(2-4-16)17-5-6-18-12;13-9-7-10(14)15-11(8-9)16-3-1-12(2-4-16)17-5-6-18-12/h2*7-8H,1-6H2. The number of anilines is 2. The second-order valence-corrected chi connectivity index (χ2v) is 10.7. The lowest BCUT2D eigenvalue weighted by Gasteiger charge is -2.38. The molecule has 4 saturated heterocycles. The first kappa shape index (κ1) is 26.5. The molecule has 36 heavy (non-hydrogen) atoms. The van der Waals surface area contributed by atoms with Crippen LogP contribution in [0.1, 0.15) is 25.7 Å². The largest absolute Gasteiger partial charge is 0.371 e. The van der Waals surface area contributed by atoms with Gasteiger partial charge in [0.05, 0.1) is 26.4 Å². The highest BCUT2D eigenvalue weighted by Crippen LogP contribution is 2.35. The number of ether oxygens (including phenoxy) is 4. The summed E-state index contributed by atoms with van der Waals surface area (Å²) in [5.74, 6) is 0.107. The molecular formula is C24H28Cl4N4O4. The Morgan fingerprint density at radius 2 is 1.03 bits per heavy atom. The van der Waals surface area contributed by atoms with Crippen molar-refractivity contribution in [1.82, 2.24) is 9.97 Å². The predicted octanol–water partition coefficient (Wildman–Crippen LogP) is 5.46. The lowest BCUT2D eigenvalue weighted by molar-refractivity contribution is -0.169. The minimum absolute atomic E-state index is 0.350. The number of rotatable bonds is 2. The van der Waals surface area contributed by atoms with E-state index in [0.29, 0.717) is 46.9 Å². The van der Waals surface area contributed by atoms with Crippen LogP contribution in [0.5, 0.6) is 0 Å². The van der Waals surface area contributed by atoms with Crippen molar-refractivity contribution < 1.29 is 18.9 Å². The zero-order valence-corrected chi connectivity index (χ0v) is 22.8. The maximum Gasteiger partial charge on any atom is 0.171 e. The Labute approximate surface area is 230 Å². The van der Waals surface area contributed by atoms with Gasteiger partial charge in [-0.2, -0.15) is 0 Å². The maximum atomic E-state index is 5.99. The molecule has 0 atom stereocenters. The van der Waals surface area contributed by atoms with Gasteiger partial charge < -0.3 is 28.7 Å². The molecule has 4 aliphatic rings. The number of nitrogens with zero attached hydrogens (tertiary/aromatic N) is 4. The number of piperidine rings is 2. The smallest absolute Gasteiger partial charge is 0.171 e. The van der Waals surface area contributed by atoms with E-state index in [1.54, 1.807) is 6.07 Å². The lowest BCUT2D eigenvalue weighted by Crippen LogP contribution is -2.45.